The summed E-state index contributed by atoms with van der Waals surface area (Å²) in [4.78, 5) is 25.2. The zero-order valence-corrected chi connectivity index (χ0v) is 16.3. The summed E-state index contributed by atoms with van der Waals surface area (Å²) in [5.41, 5.74) is 2.65. The van der Waals surface area contributed by atoms with Gasteiger partial charge in [0.1, 0.15) is 6.04 Å². The van der Waals surface area contributed by atoms with E-state index < -0.39 is 6.04 Å². The van der Waals surface area contributed by atoms with Crippen LogP contribution in [0.1, 0.15) is 48.3 Å². The molecule has 26 heavy (non-hydrogen) atoms. The maximum atomic E-state index is 12.8. The Morgan fingerprint density at radius 2 is 1.54 bits per heavy atom. The summed E-state index contributed by atoms with van der Waals surface area (Å²) < 4.78 is 0. The van der Waals surface area contributed by atoms with Crippen molar-refractivity contribution in [3.05, 3.63) is 70.2 Å². The Bertz CT molecular complexity index is 772. The molecule has 2 N–H and O–H groups in total. The first-order valence-corrected chi connectivity index (χ1v) is 9.09. The van der Waals surface area contributed by atoms with Crippen molar-refractivity contribution >= 4 is 23.4 Å². The van der Waals surface area contributed by atoms with Crippen LogP contribution in [0.5, 0.6) is 0 Å². The van der Waals surface area contributed by atoms with Crippen molar-refractivity contribution in [3.8, 4) is 0 Å². The smallest absolute Gasteiger partial charge is 0.251 e. The second-order valence-corrected chi connectivity index (χ2v) is 7.23. The lowest BCUT2D eigenvalue weighted by Crippen LogP contribution is -2.50. The fourth-order valence-corrected chi connectivity index (χ4v) is 2.94. The van der Waals surface area contributed by atoms with E-state index in [0.717, 1.165) is 11.1 Å². The van der Waals surface area contributed by atoms with E-state index in [2.05, 4.69) is 10.6 Å². The van der Waals surface area contributed by atoms with Crippen LogP contribution < -0.4 is 10.6 Å². The number of nitrogens with one attached hydrogen (secondary N) is 2. The lowest BCUT2D eigenvalue weighted by atomic mass is 9.99. The molecule has 0 aliphatic rings. The fraction of sp³-hybridized carbons (Fsp3) is 0.333. The molecule has 2 amide bonds. The summed E-state index contributed by atoms with van der Waals surface area (Å²) >= 11 is 5.86. The Kier molecular flexibility index (Phi) is 6.81. The van der Waals surface area contributed by atoms with Crippen LogP contribution >= 0.6 is 11.6 Å². The van der Waals surface area contributed by atoms with Crippen molar-refractivity contribution < 1.29 is 9.59 Å². The molecule has 138 valence electrons. The average Bonchev–Trinajstić information content (AvgIpc) is 2.59. The summed E-state index contributed by atoms with van der Waals surface area (Å²) in [5, 5.41) is 6.40. The van der Waals surface area contributed by atoms with E-state index in [1.54, 1.807) is 24.3 Å². The number of rotatable bonds is 6. The minimum atomic E-state index is -0.621. The Balaban J connectivity index is 2.08. The van der Waals surface area contributed by atoms with E-state index in [0.29, 0.717) is 10.6 Å². The van der Waals surface area contributed by atoms with Crippen LogP contribution in [0.3, 0.4) is 0 Å². The molecule has 0 saturated heterocycles. The van der Waals surface area contributed by atoms with Crippen molar-refractivity contribution in [3.63, 3.8) is 0 Å². The summed E-state index contributed by atoms with van der Waals surface area (Å²) in [7, 11) is 0. The number of hydrogen-bond donors (Lipinski definition) is 2. The van der Waals surface area contributed by atoms with Gasteiger partial charge in [-0.25, -0.2) is 0 Å². The van der Waals surface area contributed by atoms with Crippen LogP contribution in [0.25, 0.3) is 0 Å². The first-order chi connectivity index (χ1) is 12.3. The largest absolute Gasteiger partial charge is 0.348 e. The van der Waals surface area contributed by atoms with E-state index in [1.165, 1.54) is 0 Å². The molecule has 0 aromatic heterocycles. The van der Waals surface area contributed by atoms with E-state index in [9.17, 15) is 9.59 Å². The molecule has 0 fully saturated rings. The highest BCUT2D eigenvalue weighted by molar-refractivity contribution is 6.30. The van der Waals surface area contributed by atoms with Gasteiger partial charge in [0, 0.05) is 10.6 Å². The predicted molar refractivity (Wildman–Crippen MR) is 105 cm³/mol. The van der Waals surface area contributed by atoms with Gasteiger partial charge >= 0.3 is 0 Å². The Morgan fingerprint density at radius 3 is 2.12 bits per heavy atom. The van der Waals surface area contributed by atoms with Gasteiger partial charge in [0.2, 0.25) is 5.91 Å². The van der Waals surface area contributed by atoms with Crippen LogP contribution in [0.15, 0.2) is 48.5 Å². The molecule has 4 nitrogen and oxygen atoms in total. The minimum Gasteiger partial charge on any atom is -0.348 e. The first-order valence-electron chi connectivity index (χ1n) is 8.72. The van der Waals surface area contributed by atoms with Crippen LogP contribution in [0.4, 0.5) is 0 Å². The zero-order chi connectivity index (χ0) is 19.3. The second kappa shape index (κ2) is 8.86. The molecule has 0 bridgehead atoms. The Hall–Kier alpha value is -2.33. The van der Waals surface area contributed by atoms with Crippen molar-refractivity contribution in [1.29, 1.82) is 0 Å². The Morgan fingerprint density at radius 1 is 0.923 bits per heavy atom. The third kappa shape index (κ3) is 5.09. The van der Waals surface area contributed by atoms with Gasteiger partial charge in [-0.3, -0.25) is 9.59 Å². The van der Waals surface area contributed by atoms with E-state index >= 15 is 0 Å². The minimum absolute atomic E-state index is 0.0460. The molecular formula is C21H25ClN2O2. The van der Waals surface area contributed by atoms with Crippen LogP contribution in [-0.2, 0) is 4.79 Å². The number of carbonyl (C=O) groups is 2. The van der Waals surface area contributed by atoms with Gasteiger partial charge in [0.15, 0.2) is 0 Å². The lowest BCUT2D eigenvalue weighted by Gasteiger charge is -2.25. The molecule has 2 rings (SSSR count). The van der Waals surface area contributed by atoms with Gasteiger partial charge in [-0.1, -0.05) is 49.7 Å². The SMILES string of the molecule is Cc1ccccc1C(C)NC(=O)C(NC(=O)c1ccc(Cl)cc1)C(C)C. The van der Waals surface area contributed by atoms with Gasteiger partial charge in [-0.15, -0.1) is 0 Å². The van der Waals surface area contributed by atoms with E-state index in [4.69, 9.17) is 11.6 Å². The van der Waals surface area contributed by atoms with Gasteiger partial charge < -0.3 is 10.6 Å². The first kappa shape index (κ1) is 20.0. The van der Waals surface area contributed by atoms with Crippen LogP contribution in [0, 0.1) is 12.8 Å². The summed E-state index contributed by atoms with van der Waals surface area (Å²) in [5.74, 6) is -0.535. The summed E-state index contributed by atoms with van der Waals surface area (Å²) in [6.45, 7) is 7.77. The van der Waals surface area contributed by atoms with Gasteiger partial charge in [0.05, 0.1) is 6.04 Å². The molecule has 2 aromatic carbocycles. The fourth-order valence-electron chi connectivity index (χ4n) is 2.81. The number of carbonyl (C=O) groups excluding carboxylic acids is 2. The molecule has 2 unspecified atom stereocenters. The number of aryl methyl sites for hydroxylation is 1. The molecule has 0 saturated carbocycles. The number of hydrogen-bond acceptors (Lipinski definition) is 2. The van der Waals surface area contributed by atoms with E-state index in [1.807, 2.05) is 52.0 Å². The lowest BCUT2D eigenvalue weighted by molar-refractivity contribution is -0.124. The van der Waals surface area contributed by atoms with Crippen molar-refractivity contribution in [2.75, 3.05) is 0 Å². The molecule has 0 aliphatic carbocycles. The molecule has 5 heteroatoms. The zero-order valence-electron chi connectivity index (χ0n) is 15.5. The van der Waals surface area contributed by atoms with Crippen molar-refractivity contribution in [1.82, 2.24) is 10.6 Å². The van der Waals surface area contributed by atoms with Crippen LogP contribution in [-0.4, -0.2) is 17.9 Å². The standard InChI is InChI=1S/C21H25ClN2O2/c1-13(2)19(24-20(25)16-9-11-17(22)12-10-16)21(26)23-15(4)18-8-6-5-7-14(18)3/h5-13,15,19H,1-4H3,(H,23,26)(H,24,25). The van der Waals surface area contributed by atoms with E-state index in [-0.39, 0.29) is 23.8 Å². The molecular weight excluding hydrogens is 348 g/mol. The third-order valence-corrected chi connectivity index (χ3v) is 4.61. The molecule has 0 aliphatic heterocycles. The van der Waals surface area contributed by atoms with Gasteiger partial charge in [0.25, 0.3) is 5.91 Å². The Labute approximate surface area is 159 Å². The maximum Gasteiger partial charge on any atom is 0.251 e. The molecule has 2 atom stereocenters. The van der Waals surface area contributed by atoms with Crippen molar-refractivity contribution in [2.24, 2.45) is 5.92 Å². The van der Waals surface area contributed by atoms with Gasteiger partial charge in [-0.2, -0.15) is 0 Å². The summed E-state index contributed by atoms with van der Waals surface area (Å²) in [6, 6.07) is 13.8. The number of halogens is 1. The number of benzene rings is 2. The van der Waals surface area contributed by atoms with Crippen molar-refractivity contribution in [2.45, 2.75) is 39.8 Å². The number of amides is 2. The third-order valence-electron chi connectivity index (χ3n) is 4.36. The molecule has 0 spiro atoms. The molecule has 2 aromatic rings. The van der Waals surface area contributed by atoms with Gasteiger partial charge in [-0.05, 0) is 55.2 Å². The van der Waals surface area contributed by atoms with Crippen LogP contribution in [0.2, 0.25) is 5.02 Å². The highest BCUT2D eigenvalue weighted by Crippen LogP contribution is 2.17. The normalized spacial score (nSPS) is 13.2. The quantitative estimate of drug-likeness (QED) is 0.795. The average molecular weight is 373 g/mol. The monoisotopic (exact) mass is 372 g/mol. The topological polar surface area (TPSA) is 58.2 Å². The molecule has 0 radical (unpaired) electrons. The maximum absolute atomic E-state index is 12.8. The molecule has 0 heterocycles. The highest BCUT2D eigenvalue weighted by Gasteiger charge is 2.26. The predicted octanol–water partition coefficient (Wildman–Crippen LogP) is 4.28. The second-order valence-electron chi connectivity index (χ2n) is 6.79. The highest BCUT2D eigenvalue weighted by atomic mass is 35.5. The summed E-state index contributed by atoms with van der Waals surface area (Å²) in [6.07, 6.45) is 0.